The number of carbonyl (C=O) groups excluding carboxylic acids is 2. The van der Waals surface area contributed by atoms with Gasteiger partial charge in [-0.05, 0) is 55.3 Å². The summed E-state index contributed by atoms with van der Waals surface area (Å²) in [4.78, 5) is 24.1. The van der Waals surface area contributed by atoms with E-state index in [4.69, 9.17) is 9.47 Å². The van der Waals surface area contributed by atoms with Crippen molar-refractivity contribution in [2.45, 2.75) is 19.4 Å². The summed E-state index contributed by atoms with van der Waals surface area (Å²) in [7, 11) is 0. The van der Waals surface area contributed by atoms with Crippen LogP contribution in [0, 0.1) is 0 Å². The first kappa shape index (κ1) is 21.9. The molecule has 0 heterocycles. The van der Waals surface area contributed by atoms with Gasteiger partial charge in [0, 0.05) is 17.9 Å². The molecule has 160 valence electrons. The van der Waals surface area contributed by atoms with Gasteiger partial charge in [0.2, 0.25) is 0 Å². The summed E-state index contributed by atoms with van der Waals surface area (Å²) < 4.78 is 10.6. The Morgan fingerprint density at radius 2 is 1.45 bits per heavy atom. The number of ether oxygens (including phenoxy) is 2. The molecule has 31 heavy (non-hydrogen) atoms. The fourth-order valence-corrected chi connectivity index (χ4v) is 2.87. The number of nitrogens with one attached hydrogen (secondary N) is 2. The summed E-state index contributed by atoms with van der Waals surface area (Å²) in [5.41, 5.74) is 3.02. The molecule has 0 unspecified atom stereocenters. The lowest BCUT2D eigenvalue weighted by Crippen LogP contribution is -2.37. The summed E-state index contributed by atoms with van der Waals surface area (Å²) in [5.74, 6) is -0.395. The third kappa shape index (κ3) is 7.51. The van der Waals surface area contributed by atoms with Crippen LogP contribution in [0.15, 0.2) is 84.9 Å². The van der Waals surface area contributed by atoms with Gasteiger partial charge in [0.05, 0.1) is 0 Å². The maximum atomic E-state index is 12.1. The quantitative estimate of drug-likeness (QED) is 0.485. The average Bonchev–Trinajstić information content (AvgIpc) is 2.80. The third-order valence-electron chi connectivity index (χ3n) is 4.51. The van der Waals surface area contributed by atoms with Gasteiger partial charge in [0.15, 0.2) is 12.7 Å². The Labute approximate surface area is 182 Å². The smallest absolute Gasteiger partial charge is 0.344 e. The largest absolute Gasteiger partial charge is 0.482 e. The van der Waals surface area contributed by atoms with E-state index in [2.05, 4.69) is 10.6 Å². The molecule has 0 saturated heterocycles. The topological polar surface area (TPSA) is 76.7 Å². The standard InChI is InChI=1S/C25H26N2O4/c1-19(25(29)26-17-16-20-8-4-2-5-9-20)31-24(28)18-30-23-14-12-22(13-15-23)27-21-10-6-3-7-11-21/h2-15,19,27H,16-18H2,1H3,(H,26,29)/t19-/m0/s1. The minimum Gasteiger partial charge on any atom is -0.482 e. The number of hydrogen-bond donors (Lipinski definition) is 2. The number of esters is 1. The molecule has 0 bridgehead atoms. The van der Waals surface area contributed by atoms with Crippen LogP contribution in [0.4, 0.5) is 11.4 Å². The fourth-order valence-electron chi connectivity index (χ4n) is 2.87. The summed E-state index contributed by atoms with van der Waals surface area (Å²) in [6.07, 6.45) is -0.171. The summed E-state index contributed by atoms with van der Waals surface area (Å²) >= 11 is 0. The Morgan fingerprint density at radius 1 is 0.839 bits per heavy atom. The highest BCUT2D eigenvalue weighted by molar-refractivity contribution is 5.83. The molecule has 2 N–H and O–H groups in total. The number of hydrogen-bond acceptors (Lipinski definition) is 5. The lowest BCUT2D eigenvalue weighted by atomic mass is 10.1. The number of carbonyl (C=O) groups is 2. The van der Waals surface area contributed by atoms with E-state index in [1.807, 2.05) is 72.8 Å². The second-order valence-electron chi connectivity index (χ2n) is 6.96. The normalized spacial score (nSPS) is 11.3. The Bertz CT molecular complexity index is 960. The third-order valence-corrected chi connectivity index (χ3v) is 4.51. The van der Waals surface area contributed by atoms with E-state index in [0.29, 0.717) is 18.7 Å². The highest BCUT2D eigenvalue weighted by Crippen LogP contribution is 2.19. The zero-order valence-electron chi connectivity index (χ0n) is 17.4. The van der Waals surface area contributed by atoms with E-state index >= 15 is 0 Å². The van der Waals surface area contributed by atoms with E-state index in [1.54, 1.807) is 19.1 Å². The minimum absolute atomic E-state index is 0.271. The van der Waals surface area contributed by atoms with Crippen LogP contribution < -0.4 is 15.4 Å². The Hall–Kier alpha value is -3.80. The van der Waals surface area contributed by atoms with Crippen LogP contribution in [0.1, 0.15) is 12.5 Å². The van der Waals surface area contributed by atoms with Crippen molar-refractivity contribution in [3.63, 3.8) is 0 Å². The average molecular weight is 418 g/mol. The van der Waals surface area contributed by atoms with E-state index in [1.165, 1.54) is 0 Å². The lowest BCUT2D eigenvalue weighted by molar-refractivity contribution is -0.156. The highest BCUT2D eigenvalue weighted by Gasteiger charge is 2.17. The Morgan fingerprint density at radius 3 is 2.13 bits per heavy atom. The number of amides is 1. The molecule has 1 atom stereocenters. The van der Waals surface area contributed by atoms with Crippen molar-refractivity contribution in [2.24, 2.45) is 0 Å². The summed E-state index contributed by atoms with van der Waals surface area (Å²) in [5, 5.41) is 6.04. The second-order valence-corrected chi connectivity index (χ2v) is 6.96. The van der Waals surface area contributed by atoms with E-state index < -0.39 is 12.1 Å². The minimum atomic E-state index is -0.885. The molecule has 6 heteroatoms. The van der Waals surface area contributed by atoms with Crippen LogP contribution in [-0.4, -0.2) is 31.1 Å². The van der Waals surface area contributed by atoms with Crippen molar-refractivity contribution < 1.29 is 19.1 Å². The number of anilines is 2. The highest BCUT2D eigenvalue weighted by atomic mass is 16.6. The first-order valence-electron chi connectivity index (χ1n) is 10.2. The molecule has 6 nitrogen and oxygen atoms in total. The van der Waals surface area contributed by atoms with E-state index in [9.17, 15) is 9.59 Å². The molecule has 3 rings (SSSR count). The van der Waals surface area contributed by atoms with Gasteiger partial charge in [-0.1, -0.05) is 48.5 Å². The van der Waals surface area contributed by atoms with E-state index in [0.717, 1.165) is 16.9 Å². The van der Waals surface area contributed by atoms with Crippen LogP contribution in [0.2, 0.25) is 0 Å². The first-order chi connectivity index (χ1) is 15.1. The monoisotopic (exact) mass is 418 g/mol. The molecule has 3 aromatic carbocycles. The molecule has 1 amide bonds. The fraction of sp³-hybridized carbons (Fsp3) is 0.200. The molecule has 0 fully saturated rings. The van der Waals surface area contributed by atoms with Crippen LogP contribution >= 0.6 is 0 Å². The van der Waals surface area contributed by atoms with Crippen molar-refractivity contribution in [3.8, 4) is 5.75 Å². The summed E-state index contributed by atoms with van der Waals surface area (Å²) in [6, 6.07) is 26.9. The van der Waals surface area contributed by atoms with Crippen LogP contribution in [0.3, 0.4) is 0 Å². The van der Waals surface area contributed by atoms with Gasteiger partial charge in [-0.2, -0.15) is 0 Å². The van der Waals surface area contributed by atoms with Crippen molar-refractivity contribution >= 4 is 23.3 Å². The van der Waals surface area contributed by atoms with Gasteiger partial charge in [0.25, 0.3) is 5.91 Å². The van der Waals surface area contributed by atoms with Crippen LogP contribution in [-0.2, 0) is 20.7 Å². The van der Waals surface area contributed by atoms with Crippen molar-refractivity contribution in [1.82, 2.24) is 5.32 Å². The SMILES string of the molecule is C[C@H](OC(=O)COc1ccc(Nc2ccccc2)cc1)C(=O)NCCc1ccccc1. The van der Waals surface area contributed by atoms with Crippen molar-refractivity contribution in [2.75, 3.05) is 18.5 Å². The Kier molecular flexibility index (Phi) is 8.05. The molecular formula is C25H26N2O4. The van der Waals surface area contributed by atoms with Gasteiger partial charge in [0.1, 0.15) is 5.75 Å². The lowest BCUT2D eigenvalue weighted by Gasteiger charge is -2.14. The first-order valence-corrected chi connectivity index (χ1v) is 10.2. The molecule has 0 radical (unpaired) electrons. The Balaban J connectivity index is 1.36. The molecule has 0 aliphatic rings. The maximum Gasteiger partial charge on any atom is 0.344 e. The predicted octanol–water partition coefficient (Wildman–Crippen LogP) is 4.10. The van der Waals surface area contributed by atoms with Gasteiger partial charge in [-0.25, -0.2) is 4.79 Å². The van der Waals surface area contributed by atoms with Gasteiger partial charge >= 0.3 is 5.97 Å². The van der Waals surface area contributed by atoms with E-state index in [-0.39, 0.29) is 12.5 Å². The van der Waals surface area contributed by atoms with Crippen LogP contribution in [0.25, 0.3) is 0 Å². The number of benzene rings is 3. The second kappa shape index (κ2) is 11.4. The zero-order valence-corrected chi connectivity index (χ0v) is 17.4. The molecule has 3 aromatic rings. The molecule has 0 aliphatic heterocycles. The van der Waals surface area contributed by atoms with Gasteiger partial charge in [-0.15, -0.1) is 0 Å². The molecular weight excluding hydrogens is 392 g/mol. The molecule has 0 aromatic heterocycles. The predicted molar refractivity (Wildman–Crippen MR) is 120 cm³/mol. The molecule has 0 aliphatic carbocycles. The number of para-hydroxylation sites is 1. The van der Waals surface area contributed by atoms with Gasteiger partial charge in [-0.3, -0.25) is 4.79 Å². The number of rotatable bonds is 10. The van der Waals surface area contributed by atoms with Gasteiger partial charge < -0.3 is 20.1 Å². The molecule has 0 spiro atoms. The zero-order chi connectivity index (χ0) is 21.9. The van der Waals surface area contributed by atoms with Crippen molar-refractivity contribution in [1.29, 1.82) is 0 Å². The maximum absolute atomic E-state index is 12.1. The van der Waals surface area contributed by atoms with Crippen LogP contribution in [0.5, 0.6) is 5.75 Å². The molecule has 0 saturated carbocycles. The summed E-state index contributed by atoms with van der Waals surface area (Å²) in [6.45, 7) is 1.75. The van der Waals surface area contributed by atoms with Crippen molar-refractivity contribution in [3.05, 3.63) is 90.5 Å².